The Morgan fingerprint density at radius 2 is 2.00 bits per heavy atom. The molecule has 5 heteroatoms. The molecular weight excluding hydrogens is 260 g/mol. The van der Waals surface area contributed by atoms with Gasteiger partial charge in [0.1, 0.15) is 17.8 Å². The van der Waals surface area contributed by atoms with Crippen LogP contribution in [0.5, 0.6) is 0 Å². The molecule has 0 aliphatic heterocycles. The summed E-state index contributed by atoms with van der Waals surface area (Å²) < 4.78 is 0. The van der Waals surface area contributed by atoms with Crippen LogP contribution in [0.15, 0.2) is 30.6 Å². The van der Waals surface area contributed by atoms with Gasteiger partial charge in [-0.05, 0) is 37.6 Å². The Bertz CT molecular complexity index is 748. The minimum Gasteiger partial charge on any atom is -0.343 e. The van der Waals surface area contributed by atoms with E-state index in [1.54, 1.807) is 6.33 Å². The van der Waals surface area contributed by atoms with Crippen molar-refractivity contribution < 1.29 is 0 Å². The van der Waals surface area contributed by atoms with Gasteiger partial charge in [-0.15, -0.1) is 0 Å². The molecule has 4 nitrogen and oxygen atoms in total. The van der Waals surface area contributed by atoms with Crippen molar-refractivity contribution in [2.75, 3.05) is 5.32 Å². The first kappa shape index (κ1) is 12.0. The Morgan fingerprint density at radius 1 is 1.16 bits per heavy atom. The number of halogens is 1. The number of aromatic amines is 1. The molecule has 0 atom stereocenters. The van der Waals surface area contributed by atoms with Crippen molar-refractivity contribution in [3.63, 3.8) is 0 Å². The molecule has 0 fully saturated rings. The highest BCUT2D eigenvalue weighted by atomic mass is 35.5. The van der Waals surface area contributed by atoms with Gasteiger partial charge in [0.2, 0.25) is 0 Å². The van der Waals surface area contributed by atoms with E-state index in [9.17, 15) is 0 Å². The summed E-state index contributed by atoms with van der Waals surface area (Å²) >= 11 is 6.03. The number of rotatable bonds is 2. The van der Waals surface area contributed by atoms with Crippen LogP contribution in [0.1, 0.15) is 11.3 Å². The Balaban J connectivity index is 2.08. The molecule has 2 heterocycles. The van der Waals surface area contributed by atoms with Crippen LogP contribution >= 0.6 is 11.6 Å². The fourth-order valence-electron chi connectivity index (χ4n) is 2.03. The van der Waals surface area contributed by atoms with Crippen molar-refractivity contribution >= 4 is 34.1 Å². The van der Waals surface area contributed by atoms with Crippen LogP contribution < -0.4 is 5.32 Å². The fourth-order valence-corrected chi connectivity index (χ4v) is 2.20. The molecule has 0 saturated heterocycles. The zero-order valence-electron chi connectivity index (χ0n) is 10.7. The minimum atomic E-state index is 0.698. The molecule has 0 aliphatic carbocycles. The molecule has 0 unspecified atom stereocenters. The molecular formula is C14H13ClN4. The highest BCUT2D eigenvalue weighted by molar-refractivity contribution is 6.30. The number of fused-ring (bicyclic) bond motifs is 1. The van der Waals surface area contributed by atoms with Crippen molar-refractivity contribution in [3.8, 4) is 0 Å². The van der Waals surface area contributed by atoms with Crippen molar-refractivity contribution in [3.05, 3.63) is 46.9 Å². The third-order valence-electron chi connectivity index (χ3n) is 3.01. The molecule has 1 aromatic carbocycles. The van der Waals surface area contributed by atoms with E-state index in [1.165, 1.54) is 0 Å². The van der Waals surface area contributed by atoms with Crippen LogP contribution in [-0.4, -0.2) is 15.0 Å². The summed E-state index contributed by atoms with van der Waals surface area (Å²) in [7, 11) is 0. The topological polar surface area (TPSA) is 53.6 Å². The van der Waals surface area contributed by atoms with E-state index in [1.807, 2.05) is 38.1 Å². The van der Waals surface area contributed by atoms with Gasteiger partial charge in [-0.25, -0.2) is 9.97 Å². The second-order valence-corrected chi connectivity index (χ2v) is 4.96. The van der Waals surface area contributed by atoms with Crippen LogP contribution in [0.4, 0.5) is 11.5 Å². The average molecular weight is 273 g/mol. The predicted molar refractivity (Wildman–Crippen MR) is 78.1 cm³/mol. The smallest absolute Gasteiger partial charge is 0.143 e. The molecule has 96 valence electrons. The lowest BCUT2D eigenvalue weighted by atomic mass is 10.2. The minimum absolute atomic E-state index is 0.698. The SMILES string of the molecule is Cc1cc2c(Nc3cc(Cl)ccc3C)ncnc2[nH]1. The maximum Gasteiger partial charge on any atom is 0.143 e. The molecule has 0 bridgehead atoms. The maximum atomic E-state index is 6.03. The van der Waals surface area contributed by atoms with Gasteiger partial charge in [0.25, 0.3) is 0 Å². The van der Waals surface area contributed by atoms with Crippen LogP contribution in [0, 0.1) is 13.8 Å². The van der Waals surface area contributed by atoms with E-state index in [2.05, 4.69) is 20.3 Å². The van der Waals surface area contributed by atoms with E-state index in [0.29, 0.717) is 5.02 Å². The number of anilines is 2. The molecule has 0 spiro atoms. The lowest BCUT2D eigenvalue weighted by Crippen LogP contribution is -1.97. The highest BCUT2D eigenvalue weighted by Crippen LogP contribution is 2.27. The lowest BCUT2D eigenvalue weighted by molar-refractivity contribution is 1.18. The molecule has 0 saturated carbocycles. The zero-order chi connectivity index (χ0) is 13.4. The number of hydrogen-bond donors (Lipinski definition) is 2. The molecule has 0 radical (unpaired) electrons. The van der Waals surface area contributed by atoms with Crippen LogP contribution in [-0.2, 0) is 0 Å². The second-order valence-electron chi connectivity index (χ2n) is 4.52. The first-order valence-corrected chi connectivity index (χ1v) is 6.35. The van der Waals surface area contributed by atoms with Crippen LogP contribution in [0.2, 0.25) is 5.02 Å². The van der Waals surface area contributed by atoms with Gasteiger partial charge in [-0.3, -0.25) is 0 Å². The van der Waals surface area contributed by atoms with E-state index < -0.39 is 0 Å². The van der Waals surface area contributed by atoms with Gasteiger partial charge in [0, 0.05) is 16.4 Å². The first-order valence-electron chi connectivity index (χ1n) is 5.97. The number of H-pyrrole nitrogens is 1. The number of nitrogens with one attached hydrogen (secondary N) is 2. The maximum absolute atomic E-state index is 6.03. The van der Waals surface area contributed by atoms with Crippen molar-refractivity contribution in [2.45, 2.75) is 13.8 Å². The average Bonchev–Trinajstić information content (AvgIpc) is 2.75. The molecule has 3 rings (SSSR count). The summed E-state index contributed by atoms with van der Waals surface area (Å²) in [6, 6.07) is 7.77. The number of aromatic nitrogens is 3. The number of hydrogen-bond acceptors (Lipinski definition) is 3. The quantitative estimate of drug-likeness (QED) is 0.742. The summed E-state index contributed by atoms with van der Waals surface area (Å²) in [5.74, 6) is 0.778. The summed E-state index contributed by atoms with van der Waals surface area (Å²) in [4.78, 5) is 11.7. The molecule has 19 heavy (non-hydrogen) atoms. The van der Waals surface area contributed by atoms with Gasteiger partial charge < -0.3 is 10.3 Å². The van der Waals surface area contributed by atoms with Gasteiger partial charge in [-0.1, -0.05) is 17.7 Å². The third kappa shape index (κ3) is 2.27. The largest absolute Gasteiger partial charge is 0.343 e. The molecule has 2 aromatic heterocycles. The number of benzene rings is 1. The van der Waals surface area contributed by atoms with Crippen molar-refractivity contribution in [1.29, 1.82) is 0 Å². The van der Waals surface area contributed by atoms with E-state index >= 15 is 0 Å². The molecule has 2 N–H and O–H groups in total. The van der Waals surface area contributed by atoms with Crippen LogP contribution in [0.25, 0.3) is 11.0 Å². The number of aryl methyl sites for hydroxylation is 2. The Morgan fingerprint density at radius 3 is 2.84 bits per heavy atom. The Kier molecular flexibility index (Phi) is 2.87. The summed E-state index contributed by atoms with van der Waals surface area (Å²) in [6.07, 6.45) is 1.54. The van der Waals surface area contributed by atoms with Gasteiger partial charge >= 0.3 is 0 Å². The second kappa shape index (κ2) is 4.55. The highest BCUT2D eigenvalue weighted by Gasteiger charge is 2.08. The lowest BCUT2D eigenvalue weighted by Gasteiger charge is -2.09. The van der Waals surface area contributed by atoms with Gasteiger partial charge in [-0.2, -0.15) is 0 Å². The Hall–Kier alpha value is -2.07. The van der Waals surface area contributed by atoms with E-state index in [4.69, 9.17) is 11.6 Å². The monoisotopic (exact) mass is 272 g/mol. The third-order valence-corrected chi connectivity index (χ3v) is 3.25. The molecule has 0 aliphatic rings. The van der Waals surface area contributed by atoms with E-state index in [0.717, 1.165) is 33.8 Å². The summed E-state index contributed by atoms with van der Waals surface area (Å²) in [5.41, 5.74) is 3.95. The van der Waals surface area contributed by atoms with Crippen LogP contribution in [0.3, 0.4) is 0 Å². The Labute approximate surface area is 115 Å². The van der Waals surface area contributed by atoms with Crippen molar-refractivity contribution in [2.24, 2.45) is 0 Å². The number of nitrogens with zero attached hydrogens (tertiary/aromatic N) is 2. The summed E-state index contributed by atoms with van der Waals surface area (Å²) in [5, 5.41) is 4.98. The van der Waals surface area contributed by atoms with E-state index in [-0.39, 0.29) is 0 Å². The van der Waals surface area contributed by atoms with Gasteiger partial charge in [0.15, 0.2) is 0 Å². The summed E-state index contributed by atoms with van der Waals surface area (Å²) in [6.45, 7) is 4.02. The zero-order valence-corrected chi connectivity index (χ0v) is 11.4. The van der Waals surface area contributed by atoms with Crippen molar-refractivity contribution in [1.82, 2.24) is 15.0 Å². The molecule has 0 amide bonds. The normalized spacial score (nSPS) is 10.9. The standard InChI is InChI=1S/C14H13ClN4/c1-8-3-4-10(15)6-12(8)19-14-11-5-9(2)18-13(11)16-7-17-14/h3-7H,1-2H3,(H2,16,17,18,19). The molecule has 3 aromatic rings. The fraction of sp³-hybridized carbons (Fsp3) is 0.143. The van der Waals surface area contributed by atoms with Gasteiger partial charge in [0.05, 0.1) is 5.39 Å². The first-order chi connectivity index (χ1) is 9.13. The predicted octanol–water partition coefficient (Wildman–Crippen LogP) is 3.97.